The Morgan fingerprint density at radius 3 is 2.24 bits per heavy atom. The molecule has 0 bridgehead atoms. The summed E-state index contributed by atoms with van der Waals surface area (Å²) < 4.78 is 22.4. The van der Waals surface area contributed by atoms with E-state index < -0.39 is 10.0 Å². The first-order valence-corrected chi connectivity index (χ1v) is 9.49. The van der Waals surface area contributed by atoms with Gasteiger partial charge in [0.1, 0.15) is 0 Å². The molecule has 134 valence electrons. The Hall–Kier alpha value is -2.22. The maximum atomic E-state index is 12.0. The van der Waals surface area contributed by atoms with Crippen LogP contribution in [0.25, 0.3) is 0 Å². The highest BCUT2D eigenvalue weighted by atomic mass is 32.2. The molecule has 0 fully saturated rings. The number of rotatable bonds is 7. The molecule has 7 heteroatoms. The van der Waals surface area contributed by atoms with E-state index in [9.17, 15) is 13.2 Å². The molecule has 1 unspecified atom stereocenters. The molecule has 0 aromatic heterocycles. The zero-order chi connectivity index (χ0) is 18.4. The Morgan fingerprint density at radius 1 is 1.08 bits per heavy atom. The van der Waals surface area contributed by atoms with Crippen molar-refractivity contribution in [2.24, 2.45) is 5.14 Å². The maximum Gasteiger partial charge on any atom is 0.238 e. The highest BCUT2D eigenvalue weighted by Gasteiger charge is 2.09. The van der Waals surface area contributed by atoms with Crippen LogP contribution in [0.4, 0.5) is 0 Å². The van der Waals surface area contributed by atoms with E-state index in [4.69, 9.17) is 5.14 Å². The lowest BCUT2D eigenvalue weighted by atomic mass is 10.1. The summed E-state index contributed by atoms with van der Waals surface area (Å²) in [7, 11) is -3.68. The van der Waals surface area contributed by atoms with Crippen LogP contribution in [0, 0.1) is 6.92 Å². The third-order valence-corrected chi connectivity index (χ3v) is 4.75. The molecule has 25 heavy (non-hydrogen) atoms. The van der Waals surface area contributed by atoms with Crippen LogP contribution in [0.3, 0.4) is 0 Å². The third-order valence-electron chi connectivity index (χ3n) is 3.82. The van der Waals surface area contributed by atoms with E-state index >= 15 is 0 Å². The van der Waals surface area contributed by atoms with Gasteiger partial charge in [0, 0.05) is 6.54 Å². The fourth-order valence-electron chi connectivity index (χ4n) is 2.35. The Balaban J connectivity index is 1.79. The van der Waals surface area contributed by atoms with E-state index in [1.165, 1.54) is 17.7 Å². The van der Waals surface area contributed by atoms with Gasteiger partial charge in [-0.25, -0.2) is 13.6 Å². The zero-order valence-corrected chi connectivity index (χ0v) is 15.1. The summed E-state index contributed by atoms with van der Waals surface area (Å²) in [6.07, 6.45) is 0. The highest BCUT2D eigenvalue weighted by Crippen LogP contribution is 2.12. The first-order valence-electron chi connectivity index (χ1n) is 7.94. The normalized spacial score (nSPS) is 12.6. The standard InChI is InChI=1S/C18H23N3O3S/c1-13-3-7-16(8-4-13)14(2)21-18(22)12-20-11-15-5-9-17(10-6-15)25(19,23)24/h3-10,14,20H,11-12H2,1-2H3,(H,21,22)(H2,19,23,24). The minimum absolute atomic E-state index is 0.0658. The summed E-state index contributed by atoms with van der Waals surface area (Å²) >= 11 is 0. The van der Waals surface area contributed by atoms with Crippen LogP contribution in [0.2, 0.25) is 0 Å². The van der Waals surface area contributed by atoms with Crippen molar-refractivity contribution in [2.75, 3.05) is 6.54 Å². The Labute approximate surface area is 148 Å². The number of nitrogens with one attached hydrogen (secondary N) is 2. The van der Waals surface area contributed by atoms with E-state index in [1.807, 2.05) is 38.1 Å². The van der Waals surface area contributed by atoms with Crippen LogP contribution in [0.1, 0.15) is 29.7 Å². The quantitative estimate of drug-likeness (QED) is 0.697. The molecule has 2 rings (SSSR count). The largest absolute Gasteiger partial charge is 0.348 e. The minimum atomic E-state index is -3.68. The smallest absolute Gasteiger partial charge is 0.238 e. The number of sulfonamides is 1. The van der Waals surface area contributed by atoms with Gasteiger partial charge >= 0.3 is 0 Å². The van der Waals surface area contributed by atoms with E-state index in [0.29, 0.717) is 6.54 Å². The molecule has 0 saturated carbocycles. The molecular weight excluding hydrogens is 338 g/mol. The van der Waals surface area contributed by atoms with Crippen molar-refractivity contribution in [3.05, 3.63) is 65.2 Å². The summed E-state index contributed by atoms with van der Waals surface area (Å²) in [4.78, 5) is 12.1. The molecule has 6 nitrogen and oxygen atoms in total. The van der Waals surface area contributed by atoms with E-state index in [1.54, 1.807) is 12.1 Å². The van der Waals surface area contributed by atoms with Crippen LogP contribution >= 0.6 is 0 Å². The van der Waals surface area contributed by atoms with Crippen molar-refractivity contribution in [1.82, 2.24) is 10.6 Å². The number of carbonyl (C=O) groups is 1. The van der Waals surface area contributed by atoms with Gasteiger partial charge in [0.15, 0.2) is 0 Å². The number of hydrogen-bond acceptors (Lipinski definition) is 4. The molecule has 2 aromatic carbocycles. The van der Waals surface area contributed by atoms with Gasteiger partial charge in [-0.3, -0.25) is 4.79 Å². The molecule has 0 heterocycles. The van der Waals surface area contributed by atoms with Crippen LogP contribution in [-0.2, 0) is 21.4 Å². The van der Waals surface area contributed by atoms with Crippen LogP contribution in [-0.4, -0.2) is 20.9 Å². The lowest BCUT2D eigenvalue weighted by Gasteiger charge is -2.15. The fourth-order valence-corrected chi connectivity index (χ4v) is 2.86. The number of hydrogen-bond donors (Lipinski definition) is 3. The van der Waals surface area contributed by atoms with Crippen LogP contribution in [0.15, 0.2) is 53.4 Å². The average Bonchev–Trinajstić information content (AvgIpc) is 2.55. The second-order valence-corrected chi connectivity index (χ2v) is 7.55. The number of amides is 1. The highest BCUT2D eigenvalue weighted by molar-refractivity contribution is 7.89. The molecule has 0 spiro atoms. The Bertz CT molecular complexity index is 816. The summed E-state index contributed by atoms with van der Waals surface area (Å²) in [6, 6.07) is 14.2. The molecule has 1 atom stereocenters. The second kappa shape index (κ2) is 8.24. The van der Waals surface area contributed by atoms with Crippen molar-refractivity contribution in [3.8, 4) is 0 Å². The van der Waals surface area contributed by atoms with Crippen LogP contribution in [0.5, 0.6) is 0 Å². The predicted octanol–water partition coefficient (Wildman–Crippen LogP) is 1.61. The van der Waals surface area contributed by atoms with E-state index in [2.05, 4.69) is 10.6 Å². The molecule has 1 amide bonds. The summed E-state index contributed by atoms with van der Waals surface area (Å²) in [5.41, 5.74) is 3.10. The van der Waals surface area contributed by atoms with Gasteiger partial charge in [-0.1, -0.05) is 42.0 Å². The molecule has 0 aliphatic heterocycles. The SMILES string of the molecule is Cc1ccc(C(C)NC(=O)CNCc2ccc(S(N)(=O)=O)cc2)cc1. The van der Waals surface area contributed by atoms with Crippen molar-refractivity contribution in [2.45, 2.75) is 31.3 Å². The number of benzene rings is 2. The van der Waals surface area contributed by atoms with Gasteiger partial charge in [-0.05, 0) is 37.1 Å². The first kappa shape index (κ1) is 19.1. The van der Waals surface area contributed by atoms with Gasteiger partial charge in [0.2, 0.25) is 15.9 Å². The molecule has 0 radical (unpaired) electrons. The van der Waals surface area contributed by atoms with E-state index in [0.717, 1.165) is 11.1 Å². The van der Waals surface area contributed by atoms with Gasteiger partial charge < -0.3 is 10.6 Å². The summed E-state index contributed by atoms with van der Waals surface area (Å²) in [5, 5.41) is 11.0. The number of primary sulfonamides is 1. The number of nitrogens with two attached hydrogens (primary N) is 1. The molecular formula is C18H23N3O3S. The fraction of sp³-hybridized carbons (Fsp3) is 0.278. The lowest BCUT2D eigenvalue weighted by molar-refractivity contribution is -0.120. The second-order valence-electron chi connectivity index (χ2n) is 5.99. The van der Waals surface area contributed by atoms with Crippen molar-refractivity contribution in [3.63, 3.8) is 0 Å². The molecule has 0 aliphatic rings. The summed E-state index contributed by atoms with van der Waals surface area (Å²) in [6.45, 7) is 4.59. The van der Waals surface area contributed by atoms with Crippen molar-refractivity contribution in [1.29, 1.82) is 0 Å². The van der Waals surface area contributed by atoms with E-state index in [-0.39, 0.29) is 23.4 Å². The Morgan fingerprint density at radius 2 is 1.68 bits per heavy atom. The molecule has 0 aliphatic carbocycles. The first-order chi connectivity index (χ1) is 11.8. The van der Waals surface area contributed by atoms with Gasteiger partial charge in [0.25, 0.3) is 0 Å². The predicted molar refractivity (Wildman–Crippen MR) is 97.3 cm³/mol. The lowest BCUT2D eigenvalue weighted by Crippen LogP contribution is -2.35. The third kappa shape index (κ3) is 5.97. The summed E-state index contributed by atoms with van der Waals surface area (Å²) in [5.74, 6) is -0.103. The maximum absolute atomic E-state index is 12.0. The topological polar surface area (TPSA) is 101 Å². The minimum Gasteiger partial charge on any atom is -0.348 e. The number of carbonyl (C=O) groups excluding carboxylic acids is 1. The Kier molecular flexibility index (Phi) is 6.30. The molecule has 4 N–H and O–H groups in total. The van der Waals surface area contributed by atoms with Crippen molar-refractivity contribution < 1.29 is 13.2 Å². The molecule has 0 saturated heterocycles. The van der Waals surface area contributed by atoms with Gasteiger partial charge in [-0.15, -0.1) is 0 Å². The monoisotopic (exact) mass is 361 g/mol. The van der Waals surface area contributed by atoms with Gasteiger partial charge in [0.05, 0.1) is 17.5 Å². The zero-order valence-electron chi connectivity index (χ0n) is 14.3. The number of aryl methyl sites for hydroxylation is 1. The average molecular weight is 361 g/mol. The molecule has 2 aromatic rings. The van der Waals surface area contributed by atoms with Crippen molar-refractivity contribution >= 4 is 15.9 Å². The van der Waals surface area contributed by atoms with Gasteiger partial charge in [-0.2, -0.15) is 0 Å². The van der Waals surface area contributed by atoms with Crippen LogP contribution < -0.4 is 15.8 Å².